The topological polar surface area (TPSA) is 12.5 Å². The molecule has 0 fully saturated rings. The van der Waals surface area contributed by atoms with Gasteiger partial charge < -0.3 is 4.74 Å². The normalized spacial score (nSPS) is 10.3. The molecule has 0 unspecified atom stereocenters. The maximum Gasteiger partial charge on any atom is 0.0995 e. The van der Waals surface area contributed by atoms with Crippen LogP contribution in [0.4, 0.5) is 0 Å². The fourth-order valence-electron chi connectivity index (χ4n) is 0.985. The van der Waals surface area contributed by atoms with Gasteiger partial charge >= 0.3 is 0 Å². The molecule has 0 atom stereocenters. The molecular formula is C11H21NO. The van der Waals surface area contributed by atoms with E-state index in [4.69, 9.17) is 4.74 Å². The van der Waals surface area contributed by atoms with Crippen molar-refractivity contribution in [3.63, 3.8) is 0 Å². The molecule has 0 saturated carbocycles. The van der Waals surface area contributed by atoms with Gasteiger partial charge in [0.1, 0.15) is 0 Å². The Labute approximate surface area is 81.9 Å². The second kappa shape index (κ2) is 9.49. The van der Waals surface area contributed by atoms with E-state index in [2.05, 4.69) is 25.0 Å². The summed E-state index contributed by atoms with van der Waals surface area (Å²) in [6, 6.07) is 0. The summed E-state index contributed by atoms with van der Waals surface area (Å²) in [5, 5.41) is 0. The maximum absolute atomic E-state index is 5.47. The average Bonchev–Trinajstić information content (AvgIpc) is 2.13. The van der Waals surface area contributed by atoms with Crippen molar-refractivity contribution >= 4 is 0 Å². The Kier molecular flexibility index (Phi) is 9.05. The van der Waals surface area contributed by atoms with E-state index in [1.165, 1.54) is 6.42 Å². The molecule has 76 valence electrons. The van der Waals surface area contributed by atoms with Crippen LogP contribution in [0, 0.1) is 0 Å². The van der Waals surface area contributed by atoms with Gasteiger partial charge in [0.05, 0.1) is 6.73 Å². The predicted molar refractivity (Wildman–Crippen MR) is 57.7 cm³/mol. The summed E-state index contributed by atoms with van der Waals surface area (Å²) in [6.45, 7) is 12.8. The SMILES string of the molecule is C=CCN(CC=C)COCCCC. The lowest BCUT2D eigenvalue weighted by Crippen LogP contribution is -2.26. The van der Waals surface area contributed by atoms with E-state index in [1.807, 2.05) is 12.2 Å². The number of nitrogens with zero attached hydrogens (tertiary/aromatic N) is 1. The van der Waals surface area contributed by atoms with Crippen molar-refractivity contribution in [2.24, 2.45) is 0 Å². The summed E-state index contributed by atoms with van der Waals surface area (Å²) in [7, 11) is 0. The lowest BCUT2D eigenvalue weighted by Gasteiger charge is -2.18. The minimum absolute atomic E-state index is 0.679. The first-order valence-electron chi connectivity index (χ1n) is 4.87. The number of unbranched alkanes of at least 4 members (excludes halogenated alkanes) is 1. The molecule has 0 aliphatic carbocycles. The molecule has 0 bridgehead atoms. The van der Waals surface area contributed by atoms with Gasteiger partial charge in [-0.15, -0.1) is 13.2 Å². The highest BCUT2D eigenvalue weighted by Gasteiger charge is 1.98. The Bertz CT molecular complexity index is 124. The van der Waals surface area contributed by atoms with E-state index in [9.17, 15) is 0 Å². The second-order valence-corrected chi connectivity index (χ2v) is 3.00. The van der Waals surface area contributed by atoms with E-state index in [-0.39, 0.29) is 0 Å². The molecule has 0 heterocycles. The molecule has 0 N–H and O–H groups in total. The molecule has 0 aliphatic heterocycles. The molecule has 0 aromatic heterocycles. The lowest BCUT2D eigenvalue weighted by molar-refractivity contribution is 0.0396. The van der Waals surface area contributed by atoms with Gasteiger partial charge in [0.2, 0.25) is 0 Å². The van der Waals surface area contributed by atoms with Crippen LogP contribution in [0.15, 0.2) is 25.3 Å². The van der Waals surface area contributed by atoms with Gasteiger partial charge in [0.15, 0.2) is 0 Å². The number of hydrogen-bond acceptors (Lipinski definition) is 2. The summed E-state index contributed by atoms with van der Waals surface area (Å²) < 4.78 is 5.47. The molecule has 0 rings (SSSR count). The zero-order valence-corrected chi connectivity index (χ0v) is 8.67. The van der Waals surface area contributed by atoms with Crippen LogP contribution < -0.4 is 0 Å². The zero-order valence-electron chi connectivity index (χ0n) is 8.67. The molecule has 0 saturated heterocycles. The Hall–Kier alpha value is -0.600. The summed E-state index contributed by atoms with van der Waals surface area (Å²) in [4.78, 5) is 2.15. The summed E-state index contributed by atoms with van der Waals surface area (Å²) in [5.74, 6) is 0. The van der Waals surface area contributed by atoms with E-state index in [0.29, 0.717) is 6.73 Å². The van der Waals surface area contributed by atoms with Crippen molar-refractivity contribution in [3.8, 4) is 0 Å². The molecule has 0 radical (unpaired) electrons. The molecule has 13 heavy (non-hydrogen) atoms. The molecule has 0 aromatic carbocycles. The Morgan fingerprint density at radius 2 is 1.85 bits per heavy atom. The molecule has 0 aliphatic rings. The maximum atomic E-state index is 5.47. The van der Waals surface area contributed by atoms with E-state index < -0.39 is 0 Å². The lowest BCUT2D eigenvalue weighted by atomic mass is 10.4. The first-order valence-corrected chi connectivity index (χ1v) is 4.87. The van der Waals surface area contributed by atoms with Crippen molar-refractivity contribution in [2.45, 2.75) is 19.8 Å². The number of rotatable bonds is 9. The number of hydrogen-bond donors (Lipinski definition) is 0. The van der Waals surface area contributed by atoms with E-state index in [1.54, 1.807) is 0 Å². The van der Waals surface area contributed by atoms with Crippen molar-refractivity contribution in [2.75, 3.05) is 26.4 Å². The minimum atomic E-state index is 0.679. The highest BCUT2D eigenvalue weighted by Crippen LogP contribution is 1.93. The fraction of sp³-hybridized carbons (Fsp3) is 0.636. The highest BCUT2D eigenvalue weighted by atomic mass is 16.5. The van der Waals surface area contributed by atoms with Gasteiger partial charge in [-0.2, -0.15) is 0 Å². The van der Waals surface area contributed by atoms with Gasteiger partial charge in [-0.3, -0.25) is 4.90 Å². The summed E-state index contributed by atoms with van der Waals surface area (Å²) in [6.07, 6.45) is 6.08. The van der Waals surface area contributed by atoms with Crippen molar-refractivity contribution in [1.82, 2.24) is 4.90 Å². The predicted octanol–water partition coefficient (Wildman–Crippen LogP) is 2.43. The van der Waals surface area contributed by atoms with Crippen LogP contribution in [0.25, 0.3) is 0 Å². The van der Waals surface area contributed by atoms with Gasteiger partial charge in [0, 0.05) is 19.7 Å². The largest absolute Gasteiger partial charge is 0.366 e. The molecule has 0 spiro atoms. The fourth-order valence-corrected chi connectivity index (χ4v) is 0.985. The molecule has 2 nitrogen and oxygen atoms in total. The highest BCUT2D eigenvalue weighted by molar-refractivity contribution is 4.78. The van der Waals surface area contributed by atoms with Crippen molar-refractivity contribution in [1.29, 1.82) is 0 Å². The summed E-state index contributed by atoms with van der Waals surface area (Å²) in [5.41, 5.74) is 0. The zero-order chi connectivity index (χ0) is 9.94. The van der Waals surface area contributed by atoms with Gasteiger partial charge in [-0.1, -0.05) is 25.5 Å². The standard InChI is InChI=1S/C11H21NO/c1-4-7-10-13-11-12(8-5-2)9-6-3/h5-6H,2-4,7-11H2,1H3. The van der Waals surface area contributed by atoms with Crippen LogP contribution in [0.5, 0.6) is 0 Å². The van der Waals surface area contributed by atoms with Gasteiger partial charge in [-0.25, -0.2) is 0 Å². The van der Waals surface area contributed by atoms with Crippen molar-refractivity contribution in [3.05, 3.63) is 25.3 Å². The number of ether oxygens (including phenoxy) is 1. The van der Waals surface area contributed by atoms with Crippen LogP contribution in [0.3, 0.4) is 0 Å². The molecule has 0 amide bonds. The molecular weight excluding hydrogens is 162 g/mol. The van der Waals surface area contributed by atoms with Gasteiger partial charge in [0.25, 0.3) is 0 Å². The third-order valence-electron chi connectivity index (χ3n) is 1.69. The first kappa shape index (κ1) is 12.4. The quantitative estimate of drug-likeness (QED) is 0.309. The van der Waals surface area contributed by atoms with Crippen LogP contribution in [0.2, 0.25) is 0 Å². The summed E-state index contributed by atoms with van der Waals surface area (Å²) >= 11 is 0. The first-order chi connectivity index (χ1) is 6.35. The van der Waals surface area contributed by atoms with Crippen LogP contribution in [-0.4, -0.2) is 31.3 Å². The molecule has 0 aromatic rings. The monoisotopic (exact) mass is 183 g/mol. The Morgan fingerprint density at radius 3 is 2.31 bits per heavy atom. The van der Waals surface area contributed by atoms with Crippen LogP contribution in [0.1, 0.15) is 19.8 Å². The van der Waals surface area contributed by atoms with Crippen LogP contribution in [-0.2, 0) is 4.74 Å². The Morgan fingerprint density at radius 1 is 1.23 bits per heavy atom. The minimum Gasteiger partial charge on any atom is -0.366 e. The second-order valence-electron chi connectivity index (χ2n) is 3.00. The Balaban J connectivity index is 3.43. The average molecular weight is 183 g/mol. The van der Waals surface area contributed by atoms with Gasteiger partial charge in [-0.05, 0) is 6.42 Å². The third-order valence-corrected chi connectivity index (χ3v) is 1.69. The third kappa shape index (κ3) is 7.75. The molecule has 2 heteroatoms. The smallest absolute Gasteiger partial charge is 0.0995 e. The van der Waals surface area contributed by atoms with Crippen LogP contribution >= 0.6 is 0 Å². The van der Waals surface area contributed by atoms with E-state index in [0.717, 1.165) is 26.1 Å². The van der Waals surface area contributed by atoms with Crippen molar-refractivity contribution < 1.29 is 4.74 Å². The van der Waals surface area contributed by atoms with E-state index >= 15 is 0 Å².